The SMILES string of the molecule is Cn1ccnc1Cc1ccc(C=O)cc1F. The predicted molar refractivity (Wildman–Crippen MR) is 57.8 cm³/mol. The van der Waals surface area contributed by atoms with Crippen molar-refractivity contribution in [2.45, 2.75) is 6.42 Å². The zero-order valence-corrected chi connectivity index (χ0v) is 8.85. The average Bonchev–Trinajstić information content (AvgIpc) is 2.67. The van der Waals surface area contributed by atoms with E-state index in [1.165, 1.54) is 6.07 Å². The molecule has 16 heavy (non-hydrogen) atoms. The van der Waals surface area contributed by atoms with Crippen LogP contribution >= 0.6 is 0 Å². The van der Waals surface area contributed by atoms with Gasteiger partial charge in [0.2, 0.25) is 0 Å². The Bertz CT molecular complexity index is 519. The molecule has 4 heteroatoms. The van der Waals surface area contributed by atoms with Gasteiger partial charge in [0.15, 0.2) is 0 Å². The van der Waals surface area contributed by atoms with E-state index in [4.69, 9.17) is 0 Å². The van der Waals surface area contributed by atoms with Crippen molar-refractivity contribution < 1.29 is 9.18 Å². The van der Waals surface area contributed by atoms with E-state index in [9.17, 15) is 9.18 Å². The fourth-order valence-corrected chi connectivity index (χ4v) is 1.52. The first-order valence-corrected chi connectivity index (χ1v) is 4.90. The third kappa shape index (κ3) is 2.00. The molecule has 0 saturated carbocycles. The van der Waals surface area contributed by atoms with Crippen molar-refractivity contribution in [3.05, 3.63) is 53.4 Å². The lowest BCUT2D eigenvalue weighted by Crippen LogP contribution is -2.01. The normalized spacial score (nSPS) is 10.4. The molecule has 2 aromatic rings. The maximum absolute atomic E-state index is 13.6. The number of carbonyl (C=O) groups excluding carboxylic acids is 1. The van der Waals surface area contributed by atoms with Crippen molar-refractivity contribution in [1.29, 1.82) is 0 Å². The lowest BCUT2D eigenvalue weighted by atomic mass is 10.1. The summed E-state index contributed by atoms with van der Waals surface area (Å²) in [6.45, 7) is 0. The van der Waals surface area contributed by atoms with Crippen molar-refractivity contribution in [3.8, 4) is 0 Å². The monoisotopic (exact) mass is 218 g/mol. The molecule has 0 fully saturated rings. The summed E-state index contributed by atoms with van der Waals surface area (Å²) in [4.78, 5) is 14.6. The molecular formula is C12H11FN2O. The van der Waals surface area contributed by atoms with Gasteiger partial charge in [0, 0.05) is 31.4 Å². The number of benzene rings is 1. The van der Waals surface area contributed by atoms with Gasteiger partial charge >= 0.3 is 0 Å². The number of hydrogen-bond acceptors (Lipinski definition) is 2. The maximum atomic E-state index is 13.6. The number of aldehydes is 1. The second-order valence-corrected chi connectivity index (χ2v) is 3.60. The van der Waals surface area contributed by atoms with Gasteiger partial charge in [-0.15, -0.1) is 0 Å². The highest BCUT2D eigenvalue weighted by Crippen LogP contribution is 2.13. The van der Waals surface area contributed by atoms with Crippen LogP contribution in [0.2, 0.25) is 0 Å². The number of aromatic nitrogens is 2. The van der Waals surface area contributed by atoms with Gasteiger partial charge < -0.3 is 4.57 Å². The molecule has 1 aromatic carbocycles. The van der Waals surface area contributed by atoms with Crippen LogP contribution in [0.1, 0.15) is 21.7 Å². The van der Waals surface area contributed by atoms with E-state index in [1.54, 1.807) is 18.3 Å². The zero-order valence-electron chi connectivity index (χ0n) is 8.85. The van der Waals surface area contributed by atoms with Crippen LogP contribution in [-0.4, -0.2) is 15.8 Å². The molecule has 0 amide bonds. The molecule has 0 aliphatic rings. The van der Waals surface area contributed by atoms with Crippen molar-refractivity contribution >= 4 is 6.29 Å². The van der Waals surface area contributed by atoms with Crippen LogP contribution < -0.4 is 0 Å². The van der Waals surface area contributed by atoms with Crippen molar-refractivity contribution in [2.24, 2.45) is 7.05 Å². The highest BCUT2D eigenvalue weighted by molar-refractivity contribution is 5.74. The largest absolute Gasteiger partial charge is 0.338 e. The van der Waals surface area contributed by atoms with Crippen LogP contribution in [0.25, 0.3) is 0 Å². The molecule has 2 rings (SSSR count). The van der Waals surface area contributed by atoms with Crippen molar-refractivity contribution in [3.63, 3.8) is 0 Å². The Balaban J connectivity index is 2.29. The van der Waals surface area contributed by atoms with Gasteiger partial charge in [0.05, 0.1) is 0 Å². The third-order valence-corrected chi connectivity index (χ3v) is 2.48. The Morgan fingerprint density at radius 1 is 1.50 bits per heavy atom. The van der Waals surface area contributed by atoms with Crippen LogP contribution in [0, 0.1) is 5.82 Å². The minimum Gasteiger partial charge on any atom is -0.338 e. The van der Waals surface area contributed by atoms with Crippen LogP contribution in [-0.2, 0) is 13.5 Å². The molecule has 0 aliphatic carbocycles. The fourth-order valence-electron chi connectivity index (χ4n) is 1.52. The van der Waals surface area contributed by atoms with Gasteiger partial charge in [-0.05, 0) is 11.6 Å². The summed E-state index contributed by atoms with van der Waals surface area (Å²) in [6, 6.07) is 4.47. The highest BCUT2D eigenvalue weighted by atomic mass is 19.1. The van der Waals surface area contributed by atoms with E-state index in [0.29, 0.717) is 23.8 Å². The number of rotatable bonds is 3. The van der Waals surface area contributed by atoms with Gasteiger partial charge in [0.1, 0.15) is 17.9 Å². The summed E-state index contributed by atoms with van der Waals surface area (Å²) in [5, 5.41) is 0. The van der Waals surface area contributed by atoms with Crippen LogP contribution in [0.4, 0.5) is 4.39 Å². The third-order valence-electron chi connectivity index (χ3n) is 2.48. The quantitative estimate of drug-likeness (QED) is 0.738. The number of hydrogen-bond donors (Lipinski definition) is 0. The highest BCUT2D eigenvalue weighted by Gasteiger charge is 2.07. The molecule has 0 spiro atoms. The summed E-state index contributed by atoms with van der Waals surface area (Å²) in [7, 11) is 1.86. The second-order valence-electron chi connectivity index (χ2n) is 3.60. The van der Waals surface area contributed by atoms with Gasteiger partial charge in [-0.25, -0.2) is 9.37 Å². The van der Waals surface area contributed by atoms with E-state index in [2.05, 4.69) is 4.98 Å². The van der Waals surface area contributed by atoms with Gasteiger partial charge in [-0.1, -0.05) is 12.1 Å². The lowest BCUT2D eigenvalue weighted by molar-refractivity contribution is 0.112. The first-order valence-electron chi connectivity index (χ1n) is 4.90. The Kier molecular flexibility index (Phi) is 2.81. The molecule has 3 nitrogen and oxygen atoms in total. The lowest BCUT2D eigenvalue weighted by Gasteiger charge is -2.04. The number of aryl methyl sites for hydroxylation is 1. The maximum Gasteiger partial charge on any atom is 0.150 e. The van der Waals surface area contributed by atoms with Crippen LogP contribution in [0.5, 0.6) is 0 Å². The Labute approximate surface area is 92.5 Å². The smallest absolute Gasteiger partial charge is 0.150 e. The standard InChI is InChI=1S/C12H11FN2O/c1-15-5-4-14-12(15)7-10-3-2-9(8-16)6-11(10)13/h2-6,8H,7H2,1H3. The minimum atomic E-state index is -0.368. The van der Waals surface area contributed by atoms with E-state index in [1.807, 2.05) is 17.8 Å². The molecule has 0 radical (unpaired) electrons. The van der Waals surface area contributed by atoms with E-state index in [-0.39, 0.29) is 5.82 Å². The van der Waals surface area contributed by atoms with Gasteiger partial charge in [0.25, 0.3) is 0 Å². The minimum absolute atomic E-state index is 0.348. The first kappa shape index (κ1) is 10.5. The van der Waals surface area contributed by atoms with Crippen molar-refractivity contribution in [1.82, 2.24) is 9.55 Å². The molecule has 0 N–H and O–H groups in total. The molecule has 0 saturated heterocycles. The Morgan fingerprint density at radius 3 is 2.88 bits per heavy atom. The molecule has 82 valence electrons. The summed E-state index contributed by atoms with van der Waals surface area (Å²) in [5.74, 6) is 0.422. The van der Waals surface area contributed by atoms with E-state index >= 15 is 0 Å². The summed E-state index contributed by atoms with van der Waals surface area (Å²) >= 11 is 0. The van der Waals surface area contributed by atoms with E-state index in [0.717, 1.165) is 5.82 Å². The topological polar surface area (TPSA) is 34.9 Å². The summed E-state index contributed by atoms with van der Waals surface area (Å²) < 4.78 is 15.4. The second kappa shape index (κ2) is 4.26. The molecular weight excluding hydrogens is 207 g/mol. The number of imidazole rings is 1. The average molecular weight is 218 g/mol. The number of halogens is 1. The van der Waals surface area contributed by atoms with Crippen molar-refractivity contribution in [2.75, 3.05) is 0 Å². The first-order chi connectivity index (χ1) is 7.70. The van der Waals surface area contributed by atoms with Crippen LogP contribution in [0.15, 0.2) is 30.6 Å². The Morgan fingerprint density at radius 2 is 2.31 bits per heavy atom. The number of carbonyl (C=O) groups is 1. The number of nitrogens with zero attached hydrogens (tertiary/aromatic N) is 2. The van der Waals surface area contributed by atoms with E-state index < -0.39 is 0 Å². The molecule has 0 bridgehead atoms. The summed E-state index contributed by atoms with van der Waals surface area (Å²) in [5.41, 5.74) is 0.890. The van der Waals surface area contributed by atoms with Gasteiger partial charge in [-0.3, -0.25) is 4.79 Å². The molecule has 1 aromatic heterocycles. The predicted octanol–water partition coefficient (Wildman–Crippen LogP) is 1.96. The molecule has 1 heterocycles. The molecule has 0 aliphatic heterocycles. The van der Waals surface area contributed by atoms with Gasteiger partial charge in [-0.2, -0.15) is 0 Å². The molecule has 0 atom stereocenters. The fraction of sp³-hybridized carbons (Fsp3) is 0.167. The summed E-state index contributed by atoms with van der Waals surface area (Å²) in [6.07, 6.45) is 4.54. The van der Waals surface area contributed by atoms with Crippen LogP contribution in [0.3, 0.4) is 0 Å². The Hall–Kier alpha value is -1.97. The zero-order chi connectivity index (χ0) is 11.5. The molecule has 0 unspecified atom stereocenters.